The van der Waals surface area contributed by atoms with E-state index in [0.29, 0.717) is 12.6 Å². The summed E-state index contributed by atoms with van der Waals surface area (Å²) in [7, 11) is 0. The smallest absolute Gasteiger partial charge is 0.408 e. The lowest BCUT2D eigenvalue weighted by Gasteiger charge is -2.34. The lowest BCUT2D eigenvalue weighted by Crippen LogP contribution is -2.51. The predicted octanol–water partition coefficient (Wildman–Crippen LogP) is 1.70. The zero-order chi connectivity index (χ0) is 18.9. The summed E-state index contributed by atoms with van der Waals surface area (Å²) >= 11 is 0. The van der Waals surface area contributed by atoms with Gasteiger partial charge in [-0.15, -0.1) is 0 Å². The summed E-state index contributed by atoms with van der Waals surface area (Å²) in [6, 6.07) is 7.79. The number of amides is 2. The van der Waals surface area contributed by atoms with E-state index in [9.17, 15) is 14.7 Å². The number of hydrogen-bond acceptors (Lipinski definition) is 5. The van der Waals surface area contributed by atoms with Gasteiger partial charge in [0.25, 0.3) is 0 Å². The molecular weight excluding hydrogens is 334 g/mol. The summed E-state index contributed by atoms with van der Waals surface area (Å²) in [5.74, 6) is 0.207. The van der Waals surface area contributed by atoms with Crippen LogP contribution in [0.4, 0.5) is 4.79 Å². The Labute approximate surface area is 153 Å². The van der Waals surface area contributed by atoms with E-state index < -0.39 is 11.7 Å². The SMILES string of the molecule is CC(C)(C)OC(=O)NCC(=O)N1CC2CC1CN2Cc1ccc(O)cc1. The van der Waals surface area contributed by atoms with Crippen LogP contribution in [0.1, 0.15) is 32.8 Å². The average Bonchev–Trinajstić information content (AvgIpc) is 3.13. The number of ether oxygens (including phenoxy) is 1. The monoisotopic (exact) mass is 361 g/mol. The molecule has 0 aromatic heterocycles. The molecule has 0 saturated carbocycles. The van der Waals surface area contributed by atoms with Crippen molar-refractivity contribution in [2.24, 2.45) is 0 Å². The number of alkyl carbamates (subject to hydrolysis) is 1. The largest absolute Gasteiger partial charge is 0.508 e. The first kappa shape index (κ1) is 18.5. The zero-order valence-corrected chi connectivity index (χ0v) is 15.6. The highest BCUT2D eigenvalue weighted by Gasteiger charge is 2.44. The maximum atomic E-state index is 12.4. The van der Waals surface area contributed by atoms with Crippen LogP contribution in [0.25, 0.3) is 0 Å². The number of benzene rings is 1. The molecule has 2 heterocycles. The number of nitrogens with zero attached hydrogens (tertiary/aromatic N) is 2. The third-order valence-corrected chi connectivity index (χ3v) is 4.78. The molecule has 0 spiro atoms. The van der Waals surface area contributed by atoms with Gasteiger partial charge in [0.2, 0.25) is 5.91 Å². The molecule has 2 amide bonds. The van der Waals surface area contributed by atoms with E-state index in [4.69, 9.17) is 4.74 Å². The number of likely N-dealkylation sites (tertiary alicyclic amines) is 2. The van der Waals surface area contributed by atoms with Crippen molar-refractivity contribution in [3.63, 3.8) is 0 Å². The molecule has 1 aromatic rings. The second-order valence-corrected chi connectivity index (χ2v) is 8.04. The van der Waals surface area contributed by atoms with Crippen molar-refractivity contribution in [1.82, 2.24) is 15.1 Å². The van der Waals surface area contributed by atoms with E-state index >= 15 is 0 Å². The maximum absolute atomic E-state index is 12.4. The van der Waals surface area contributed by atoms with Gasteiger partial charge in [-0.3, -0.25) is 9.69 Å². The van der Waals surface area contributed by atoms with Crippen molar-refractivity contribution in [3.05, 3.63) is 29.8 Å². The Kier molecular flexibility index (Phi) is 5.09. The molecule has 7 nitrogen and oxygen atoms in total. The number of hydrogen-bond donors (Lipinski definition) is 2. The van der Waals surface area contributed by atoms with Gasteiger partial charge < -0.3 is 20.1 Å². The van der Waals surface area contributed by atoms with Crippen LogP contribution < -0.4 is 5.32 Å². The quantitative estimate of drug-likeness (QED) is 0.853. The van der Waals surface area contributed by atoms with Crippen LogP contribution in [0.15, 0.2) is 24.3 Å². The normalized spacial score (nSPS) is 22.5. The van der Waals surface area contributed by atoms with Crippen molar-refractivity contribution in [3.8, 4) is 5.75 Å². The summed E-state index contributed by atoms with van der Waals surface area (Å²) in [6.45, 7) is 7.68. The first-order valence-corrected chi connectivity index (χ1v) is 8.99. The Morgan fingerprint density at radius 3 is 2.46 bits per heavy atom. The van der Waals surface area contributed by atoms with E-state index in [1.807, 2.05) is 17.0 Å². The van der Waals surface area contributed by atoms with Crippen molar-refractivity contribution < 1.29 is 19.4 Å². The Morgan fingerprint density at radius 1 is 1.19 bits per heavy atom. The molecule has 2 aliphatic rings. The van der Waals surface area contributed by atoms with E-state index in [1.165, 1.54) is 0 Å². The van der Waals surface area contributed by atoms with Crippen LogP contribution in [0, 0.1) is 0 Å². The van der Waals surface area contributed by atoms with Crippen LogP contribution in [-0.4, -0.2) is 64.2 Å². The summed E-state index contributed by atoms with van der Waals surface area (Å²) in [5.41, 5.74) is 0.578. The first-order chi connectivity index (χ1) is 12.2. The molecule has 2 saturated heterocycles. The molecule has 2 aliphatic heterocycles. The average molecular weight is 361 g/mol. The molecule has 2 fully saturated rings. The number of rotatable bonds is 4. The number of aromatic hydroxyl groups is 1. The van der Waals surface area contributed by atoms with Crippen molar-refractivity contribution >= 4 is 12.0 Å². The number of piperazine rings is 1. The minimum Gasteiger partial charge on any atom is -0.508 e. The van der Waals surface area contributed by atoms with Gasteiger partial charge >= 0.3 is 6.09 Å². The number of nitrogens with one attached hydrogen (secondary N) is 1. The van der Waals surface area contributed by atoms with Gasteiger partial charge in [0.15, 0.2) is 0 Å². The molecule has 0 radical (unpaired) electrons. The number of carbonyl (C=O) groups is 2. The van der Waals surface area contributed by atoms with Crippen LogP contribution in [-0.2, 0) is 16.1 Å². The molecule has 0 aliphatic carbocycles. The van der Waals surface area contributed by atoms with Gasteiger partial charge in [0.1, 0.15) is 17.9 Å². The van der Waals surface area contributed by atoms with Gasteiger partial charge in [-0.1, -0.05) is 12.1 Å². The summed E-state index contributed by atoms with van der Waals surface area (Å²) < 4.78 is 5.16. The predicted molar refractivity (Wildman–Crippen MR) is 96.7 cm³/mol. The van der Waals surface area contributed by atoms with Crippen LogP contribution >= 0.6 is 0 Å². The second kappa shape index (κ2) is 7.15. The Hall–Kier alpha value is -2.28. The summed E-state index contributed by atoms with van der Waals surface area (Å²) in [6.07, 6.45) is 0.403. The summed E-state index contributed by atoms with van der Waals surface area (Å²) in [5, 5.41) is 11.9. The van der Waals surface area contributed by atoms with E-state index in [0.717, 1.165) is 25.1 Å². The minimum atomic E-state index is -0.575. The molecular formula is C19H27N3O4. The van der Waals surface area contributed by atoms with Crippen LogP contribution in [0.2, 0.25) is 0 Å². The molecule has 2 unspecified atom stereocenters. The van der Waals surface area contributed by atoms with Gasteiger partial charge in [0, 0.05) is 31.7 Å². The Bertz CT molecular complexity index is 668. The first-order valence-electron chi connectivity index (χ1n) is 8.99. The lowest BCUT2D eigenvalue weighted by atomic mass is 10.2. The number of carbonyl (C=O) groups excluding carboxylic acids is 2. The third kappa shape index (κ3) is 4.46. The summed E-state index contributed by atoms with van der Waals surface area (Å²) in [4.78, 5) is 28.4. The Balaban J connectivity index is 1.46. The number of fused-ring (bicyclic) bond motifs is 2. The molecule has 2 atom stereocenters. The van der Waals surface area contributed by atoms with Crippen LogP contribution in [0.3, 0.4) is 0 Å². The molecule has 1 aromatic carbocycles. The minimum absolute atomic E-state index is 0.0317. The number of phenolic OH excluding ortho intramolecular Hbond substituents is 1. The van der Waals surface area contributed by atoms with Crippen molar-refractivity contribution in [2.75, 3.05) is 19.6 Å². The van der Waals surface area contributed by atoms with Gasteiger partial charge in [-0.2, -0.15) is 0 Å². The molecule has 7 heteroatoms. The standard InChI is InChI=1S/C19H27N3O4/c1-19(2,3)26-18(25)20-9-17(24)22-12-14-8-15(22)11-21(14)10-13-4-6-16(23)7-5-13/h4-7,14-15,23H,8-12H2,1-3H3,(H,20,25). The van der Waals surface area contributed by atoms with E-state index in [2.05, 4.69) is 10.2 Å². The highest BCUT2D eigenvalue weighted by atomic mass is 16.6. The third-order valence-electron chi connectivity index (χ3n) is 4.78. The topological polar surface area (TPSA) is 82.1 Å². The van der Waals surface area contributed by atoms with Crippen LogP contribution in [0.5, 0.6) is 5.75 Å². The highest BCUT2D eigenvalue weighted by Crippen LogP contribution is 2.32. The van der Waals surface area contributed by atoms with Gasteiger partial charge in [-0.05, 0) is 44.9 Å². The van der Waals surface area contributed by atoms with E-state index in [-0.39, 0.29) is 24.2 Å². The van der Waals surface area contributed by atoms with Crippen molar-refractivity contribution in [2.45, 2.75) is 51.4 Å². The number of phenols is 1. The maximum Gasteiger partial charge on any atom is 0.408 e. The zero-order valence-electron chi connectivity index (χ0n) is 15.6. The molecule has 2 N–H and O–H groups in total. The van der Waals surface area contributed by atoms with Crippen molar-refractivity contribution in [1.29, 1.82) is 0 Å². The fourth-order valence-electron chi connectivity index (χ4n) is 3.65. The Morgan fingerprint density at radius 2 is 1.88 bits per heavy atom. The van der Waals surface area contributed by atoms with Gasteiger partial charge in [0.05, 0.1) is 0 Å². The van der Waals surface area contributed by atoms with Gasteiger partial charge in [-0.25, -0.2) is 4.79 Å². The van der Waals surface area contributed by atoms with E-state index in [1.54, 1.807) is 32.9 Å². The molecule has 142 valence electrons. The molecule has 26 heavy (non-hydrogen) atoms. The molecule has 3 rings (SSSR count). The highest BCUT2D eigenvalue weighted by molar-refractivity contribution is 5.83. The second-order valence-electron chi connectivity index (χ2n) is 8.04. The lowest BCUT2D eigenvalue weighted by molar-refractivity contribution is -0.132. The fraction of sp³-hybridized carbons (Fsp3) is 0.579. The molecule has 2 bridgehead atoms. The fourth-order valence-corrected chi connectivity index (χ4v) is 3.65.